The van der Waals surface area contributed by atoms with Gasteiger partial charge in [0.25, 0.3) is 0 Å². The molecule has 18 heavy (non-hydrogen) atoms. The molecule has 2 rings (SSSR count). The molecule has 0 heterocycles. The van der Waals surface area contributed by atoms with Crippen LogP contribution in [0.2, 0.25) is 5.02 Å². The van der Waals surface area contributed by atoms with Gasteiger partial charge in [-0.3, -0.25) is 0 Å². The van der Waals surface area contributed by atoms with E-state index in [1.807, 2.05) is 0 Å². The summed E-state index contributed by atoms with van der Waals surface area (Å²) in [6.07, 6.45) is -0.0731. The molecule has 0 spiro atoms. The number of hydrogen-bond acceptors (Lipinski definition) is 3. The molecular weight excluding hydrogens is 254 g/mol. The summed E-state index contributed by atoms with van der Waals surface area (Å²) in [6, 6.07) is 7.20. The molecule has 0 unspecified atom stereocenters. The number of alkyl carbamates (subject to hydrolysis) is 1. The standard InChI is InChI=1S/C13H16ClNO3/c1-8(18-13(17)15-9-6-7-9)12(16)10-4-2-3-5-11(10)14/h2-5,8-9,12,16H,6-7H2,1H3,(H,15,17)/t8-,12-/m1/s1. The number of carbonyl (C=O) groups is 1. The van der Waals surface area contributed by atoms with Gasteiger partial charge in [-0.05, 0) is 25.8 Å². The van der Waals surface area contributed by atoms with Crippen molar-refractivity contribution in [3.8, 4) is 0 Å². The van der Waals surface area contributed by atoms with Gasteiger partial charge in [0.05, 0.1) is 0 Å². The Morgan fingerprint density at radius 3 is 2.78 bits per heavy atom. The summed E-state index contributed by atoms with van der Waals surface area (Å²) in [7, 11) is 0. The van der Waals surface area contributed by atoms with Crippen molar-refractivity contribution in [2.75, 3.05) is 0 Å². The van der Waals surface area contributed by atoms with E-state index in [4.69, 9.17) is 16.3 Å². The highest BCUT2D eigenvalue weighted by Crippen LogP contribution is 2.26. The maximum absolute atomic E-state index is 11.4. The van der Waals surface area contributed by atoms with Crippen molar-refractivity contribution in [3.63, 3.8) is 0 Å². The number of benzene rings is 1. The molecule has 0 radical (unpaired) electrons. The second kappa shape index (κ2) is 5.59. The average Bonchev–Trinajstić information content (AvgIpc) is 3.12. The molecule has 0 saturated heterocycles. The Kier molecular flexibility index (Phi) is 4.09. The van der Waals surface area contributed by atoms with Crippen LogP contribution in [0, 0.1) is 0 Å². The highest BCUT2D eigenvalue weighted by Gasteiger charge is 2.27. The van der Waals surface area contributed by atoms with Gasteiger partial charge in [0.15, 0.2) is 0 Å². The lowest BCUT2D eigenvalue weighted by Gasteiger charge is -2.20. The van der Waals surface area contributed by atoms with Gasteiger partial charge in [-0.25, -0.2) is 4.79 Å². The van der Waals surface area contributed by atoms with Crippen LogP contribution in [0.5, 0.6) is 0 Å². The first-order valence-electron chi connectivity index (χ1n) is 5.97. The van der Waals surface area contributed by atoms with Crippen LogP contribution in [0.3, 0.4) is 0 Å². The molecule has 0 aromatic heterocycles. The fourth-order valence-corrected chi connectivity index (χ4v) is 1.88. The van der Waals surface area contributed by atoms with E-state index in [0.717, 1.165) is 12.8 Å². The number of halogens is 1. The second-order valence-electron chi connectivity index (χ2n) is 4.50. The number of nitrogens with one attached hydrogen (secondary N) is 1. The number of carbonyl (C=O) groups excluding carboxylic acids is 1. The first-order chi connectivity index (χ1) is 8.58. The summed E-state index contributed by atoms with van der Waals surface area (Å²) in [6.45, 7) is 1.64. The van der Waals surface area contributed by atoms with Gasteiger partial charge in [0, 0.05) is 16.6 Å². The molecule has 0 aliphatic heterocycles. The third-order valence-electron chi connectivity index (χ3n) is 2.86. The van der Waals surface area contributed by atoms with E-state index in [0.29, 0.717) is 10.6 Å². The van der Waals surface area contributed by atoms with E-state index in [9.17, 15) is 9.90 Å². The van der Waals surface area contributed by atoms with Crippen molar-refractivity contribution in [1.82, 2.24) is 5.32 Å². The number of aliphatic hydroxyl groups excluding tert-OH is 1. The molecule has 1 saturated carbocycles. The lowest BCUT2D eigenvalue weighted by molar-refractivity contribution is 0.0118. The first kappa shape index (κ1) is 13.2. The third-order valence-corrected chi connectivity index (χ3v) is 3.20. The molecule has 1 amide bonds. The van der Waals surface area contributed by atoms with Crippen LogP contribution in [0.4, 0.5) is 4.79 Å². The van der Waals surface area contributed by atoms with E-state index >= 15 is 0 Å². The second-order valence-corrected chi connectivity index (χ2v) is 4.90. The van der Waals surface area contributed by atoms with Crippen molar-refractivity contribution in [3.05, 3.63) is 34.9 Å². The molecule has 1 aromatic rings. The predicted molar refractivity (Wildman–Crippen MR) is 68.5 cm³/mol. The fourth-order valence-electron chi connectivity index (χ4n) is 1.63. The van der Waals surface area contributed by atoms with E-state index < -0.39 is 18.3 Å². The quantitative estimate of drug-likeness (QED) is 0.883. The number of rotatable bonds is 4. The van der Waals surface area contributed by atoms with Crippen LogP contribution < -0.4 is 5.32 Å². The molecule has 1 aliphatic carbocycles. The van der Waals surface area contributed by atoms with Crippen LogP contribution in [-0.4, -0.2) is 23.3 Å². The topological polar surface area (TPSA) is 58.6 Å². The minimum atomic E-state index is -0.927. The lowest BCUT2D eigenvalue weighted by atomic mass is 10.1. The summed E-state index contributed by atoms with van der Waals surface area (Å²) >= 11 is 5.98. The molecule has 0 bridgehead atoms. The smallest absolute Gasteiger partial charge is 0.407 e. The summed E-state index contributed by atoms with van der Waals surface area (Å²) in [5.74, 6) is 0. The van der Waals surface area contributed by atoms with Gasteiger partial charge in [-0.2, -0.15) is 0 Å². The van der Waals surface area contributed by atoms with E-state index in [2.05, 4.69) is 5.32 Å². The Bertz CT molecular complexity index is 434. The zero-order valence-electron chi connectivity index (χ0n) is 10.1. The zero-order chi connectivity index (χ0) is 13.1. The summed E-state index contributed by atoms with van der Waals surface area (Å²) in [5, 5.41) is 13.2. The summed E-state index contributed by atoms with van der Waals surface area (Å²) in [5.41, 5.74) is 0.561. The minimum Gasteiger partial charge on any atom is -0.443 e. The van der Waals surface area contributed by atoms with Crippen LogP contribution in [0.25, 0.3) is 0 Å². The number of ether oxygens (including phenoxy) is 1. The van der Waals surface area contributed by atoms with Crippen molar-refractivity contribution in [1.29, 1.82) is 0 Å². The van der Waals surface area contributed by atoms with Gasteiger partial charge in [0.2, 0.25) is 0 Å². The Balaban J connectivity index is 1.93. The van der Waals surface area contributed by atoms with Crippen LogP contribution in [-0.2, 0) is 4.74 Å². The highest BCUT2D eigenvalue weighted by molar-refractivity contribution is 6.31. The third kappa shape index (κ3) is 3.37. The van der Waals surface area contributed by atoms with Gasteiger partial charge in [0.1, 0.15) is 12.2 Å². The minimum absolute atomic E-state index is 0.238. The van der Waals surface area contributed by atoms with Crippen LogP contribution in [0.15, 0.2) is 24.3 Å². The van der Waals surface area contributed by atoms with E-state index in [1.54, 1.807) is 31.2 Å². The molecular formula is C13H16ClNO3. The van der Waals surface area contributed by atoms with E-state index in [-0.39, 0.29) is 6.04 Å². The van der Waals surface area contributed by atoms with Crippen LogP contribution in [0.1, 0.15) is 31.4 Å². The molecule has 5 heteroatoms. The summed E-state index contributed by atoms with van der Waals surface area (Å²) < 4.78 is 5.11. The molecule has 2 atom stereocenters. The molecule has 98 valence electrons. The Hall–Kier alpha value is -1.26. The van der Waals surface area contributed by atoms with Gasteiger partial charge in [-0.15, -0.1) is 0 Å². The Morgan fingerprint density at radius 2 is 2.17 bits per heavy atom. The fraction of sp³-hybridized carbons (Fsp3) is 0.462. The Morgan fingerprint density at radius 1 is 1.50 bits per heavy atom. The summed E-state index contributed by atoms with van der Waals surface area (Å²) in [4.78, 5) is 11.4. The molecule has 1 aliphatic rings. The number of amides is 1. The average molecular weight is 270 g/mol. The van der Waals surface area contributed by atoms with Crippen LogP contribution >= 0.6 is 11.6 Å². The molecule has 2 N–H and O–H groups in total. The maximum Gasteiger partial charge on any atom is 0.407 e. The van der Waals surface area contributed by atoms with Gasteiger partial charge >= 0.3 is 6.09 Å². The predicted octanol–water partition coefficient (Wildman–Crippen LogP) is 2.65. The largest absolute Gasteiger partial charge is 0.443 e. The lowest BCUT2D eigenvalue weighted by Crippen LogP contribution is -2.32. The monoisotopic (exact) mass is 269 g/mol. The van der Waals surface area contributed by atoms with Gasteiger partial charge < -0.3 is 15.2 Å². The number of aliphatic hydroxyl groups is 1. The van der Waals surface area contributed by atoms with Crippen molar-refractivity contribution >= 4 is 17.7 Å². The maximum atomic E-state index is 11.4. The number of hydrogen-bond donors (Lipinski definition) is 2. The zero-order valence-corrected chi connectivity index (χ0v) is 10.9. The molecule has 1 fully saturated rings. The Labute approximate surface area is 111 Å². The van der Waals surface area contributed by atoms with Crippen molar-refractivity contribution < 1.29 is 14.6 Å². The van der Waals surface area contributed by atoms with E-state index in [1.165, 1.54) is 0 Å². The van der Waals surface area contributed by atoms with Gasteiger partial charge in [-0.1, -0.05) is 29.8 Å². The highest BCUT2D eigenvalue weighted by atomic mass is 35.5. The first-order valence-corrected chi connectivity index (χ1v) is 6.35. The van der Waals surface area contributed by atoms with Crippen molar-refractivity contribution in [2.24, 2.45) is 0 Å². The normalized spacial score (nSPS) is 17.9. The molecule has 1 aromatic carbocycles. The van der Waals surface area contributed by atoms with Crippen molar-refractivity contribution in [2.45, 2.75) is 38.0 Å². The molecule has 4 nitrogen and oxygen atoms in total. The SMILES string of the molecule is C[C@@H](OC(=O)NC1CC1)[C@@H](O)c1ccccc1Cl.